The van der Waals surface area contributed by atoms with Gasteiger partial charge in [0.2, 0.25) is 11.8 Å². The molecule has 4 rings (SSSR count). The number of aromatic nitrogens is 2. The first-order valence-corrected chi connectivity index (χ1v) is 10.5. The third kappa shape index (κ3) is 4.93. The van der Waals surface area contributed by atoms with E-state index < -0.39 is 0 Å². The number of nitrogens with one attached hydrogen (secondary N) is 1. The smallest absolute Gasteiger partial charge is 0.261 e. The number of hydrogen-bond acceptors (Lipinski definition) is 5. The highest BCUT2D eigenvalue weighted by Crippen LogP contribution is 2.17. The van der Waals surface area contributed by atoms with Gasteiger partial charge in [-0.15, -0.1) is 0 Å². The van der Waals surface area contributed by atoms with Crippen molar-refractivity contribution in [1.29, 1.82) is 0 Å². The number of fused-ring (bicyclic) bond motifs is 1. The second kappa shape index (κ2) is 9.59. The van der Waals surface area contributed by atoms with Crippen LogP contribution in [0.5, 0.6) is 0 Å². The first kappa shape index (κ1) is 21.5. The van der Waals surface area contributed by atoms with Gasteiger partial charge in [-0.3, -0.25) is 19.0 Å². The van der Waals surface area contributed by atoms with Crippen molar-refractivity contribution in [2.24, 2.45) is 0 Å². The lowest BCUT2D eigenvalue weighted by Gasteiger charge is -2.36. The van der Waals surface area contributed by atoms with Crippen molar-refractivity contribution in [2.75, 3.05) is 37.6 Å². The molecule has 2 heterocycles. The van der Waals surface area contributed by atoms with Crippen LogP contribution in [0.1, 0.15) is 6.42 Å². The maximum absolute atomic E-state index is 13.1. The zero-order valence-corrected chi connectivity index (χ0v) is 17.5. The van der Waals surface area contributed by atoms with E-state index in [0.717, 1.165) is 5.69 Å². The molecule has 1 N–H and O–H groups in total. The van der Waals surface area contributed by atoms with E-state index in [-0.39, 0.29) is 42.7 Å². The van der Waals surface area contributed by atoms with Crippen molar-refractivity contribution < 1.29 is 14.0 Å². The highest BCUT2D eigenvalue weighted by atomic mass is 19.1. The first-order chi connectivity index (χ1) is 15.5. The summed E-state index contributed by atoms with van der Waals surface area (Å²) in [4.78, 5) is 45.2. The number of rotatable bonds is 6. The minimum absolute atomic E-state index is 0.0337. The number of anilines is 1. The maximum atomic E-state index is 13.1. The number of hydrogen-bond donors (Lipinski definition) is 1. The van der Waals surface area contributed by atoms with Crippen LogP contribution in [0.2, 0.25) is 0 Å². The molecule has 0 aliphatic carbocycles. The fourth-order valence-electron chi connectivity index (χ4n) is 3.76. The number of piperazine rings is 1. The Morgan fingerprint density at radius 3 is 2.47 bits per heavy atom. The van der Waals surface area contributed by atoms with Crippen LogP contribution in [0.25, 0.3) is 10.9 Å². The molecule has 0 bridgehead atoms. The summed E-state index contributed by atoms with van der Waals surface area (Å²) in [7, 11) is 0. The average molecular weight is 437 g/mol. The fourth-order valence-corrected chi connectivity index (χ4v) is 3.76. The van der Waals surface area contributed by atoms with Gasteiger partial charge in [-0.25, -0.2) is 9.37 Å². The summed E-state index contributed by atoms with van der Waals surface area (Å²) in [6, 6.07) is 13.3. The Morgan fingerprint density at radius 1 is 1.00 bits per heavy atom. The molecule has 8 nitrogen and oxygen atoms in total. The van der Waals surface area contributed by atoms with E-state index in [1.54, 1.807) is 41.3 Å². The van der Waals surface area contributed by atoms with Gasteiger partial charge in [-0.05, 0) is 36.4 Å². The molecule has 2 amide bonds. The van der Waals surface area contributed by atoms with Gasteiger partial charge in [0.15, 0.2) is 0 Å². The van der Waals surface area contributed by atoms with Gasteiger partial charge in [0, 0.05) is 44.8 Å². The molecule has 2 aromatic carbocycles. The molecular formula is C23H24FN5O3. The van der Waals surface area contributed by atoms with E-state index in [1.165, 1.54) is 23.0 Å². The molecule has 1 aliphatic heterocycles. The van der Waals surface area contributed by atoms with Crippen molar-refractivity contribution in [3.63, 3.8) is 0 Å². The topological polar surface area (TPSA) is 87.5 Å². The summed E-state index contributed by atoms with van der Waals surface area (Å²) in [5.41, 5.74) is 1.24. The lowest BCUT2D eigenvalue weighted by molar-refractivity contribution is -0.131. The van der Waals surface area contributed by atoms with Gasteiger partial charge >= 0.3 is 0 Å². The molecular weight excluding hydrogens is 413 g/mol. The molecule has 0 saturated carbocycles. The molecule has 1 aromatic heterocycles. The molecule has 166 valence electrons. The molecule has 0 radical (unpaired) electrons. The van der Waals surface area contributed by atoms with Crippen molar-refractivity contribution in [3.8, 4) is 0 Å². The predicted octanol–water partition coefficient (Wildman–Crippen LogP) is 1.39. The van der Waals surface area contributed by atoms with E-state index in [4.69, 9.17) is 0 Å². The summed E-state index contributed by atoms with van der Waals surface area (Å²) in [6.45, 7) is 2.53. The van der Waals surface area contributed by atoms with Gasteiger partial charge in [-0.2, -0.15) is 0 Å². The van der Waals surface area contributed by atoms with E-state index >= 15 is 0 Å². The maximum Gasteiger partial charge on any atom is 0.261 e. The van der Waals surface area contributed by atoms with Crippen molar-refractivity contribution >= 4 is 28.4 Å². The van der Waals surface area contributed by atoms with Gasteiger partial charge in [-0.1, -0.05) is 12.1 Å². The van der Waals surface area contributed by atoms with Crippen LogP contribution in [0, 0.1) is 5.82 Å². The van der Waals surface area contributed by atoms with Gasteiger partial charge in [0.1, 0.15) is 12.4 Å². The predicted molar refractivity (Wildman–Crippen MR) is 119 cm³/mol. The highest BCUT2D eigenvalue weighted by molar-refractivity contribution is 5.80. The molecule has 3 aromatic rings. The Labute approximate surface area is 184 Å². The summed E-state index contributed by atoms with van der Waals surface area (Å²) in [6.07, 6.45) is 1.54. The summed E-state index contributed by atoms with van der Waals surface area (Å²) in [5, 5.41) is 3.15. The number of amides is 2. The largest absolute Gasteiger partial charge is 0.368 e. The Morgan fingerprint density at radius 2 is 1.72 bits per heavy atom. The lowest BCUT2D eigenvalue weighted by atomic mass is 10.2. The minimum Gasteiger partial charge on any atom is -0.368 e. The molecule has 0 unspecified atom stereocenters. The van der Waals surface area contributed by atoms with E-state index in [1.807, 2.05) is 0 Å². The zero-order valence-electron chi connectivity index (χ0n) is 17.5. The first-order valence-electron chi connectivity index (χ1n) is 10.5. The van der Waals surface area contributed by atoms with E-state index in [2.05, 4.69) is 15.2 Å². The lowest BCUT2D eigenvalue weighted by Crippen LogP contribution is -2.49. The minimum atomic E-state index is -0.349. The van der Waals surface area contributed by atoms with Crippen LogP contribution in [-0.4, -0.2) is 59.0 Å². The normalized spacial score (nSPS) is 13.9. The quantitative estimate of drug-likeness (QED) is 0.630. The monoisotopic (exact) mass is 437 g/mol. The molecule has 9 heteroatoms. The summed E-state index contributed by atoms with van der Waals surface area (Å²) >= 11 is 0. The molecule has 1 aliphatic rings. The molecule has 1 fully saturated rings. The van der Waals surface area contributed by atoms with Crippen LogP contribution < -0.4 is 15.8 Å². The van der Waals surface area contributed by atoms with Crippen molar-refractivity contribution in [1.82, 2.24) is 19.8 Å². The number of halogens is 1. The van der Waals surface area contributed by atoms with E-state index in [0.29, 0.717) is 37.1 Å². The average Bonchev–Trinajstić information content (AvgIpc) is 2.81. The number of benzene rings is 2. The Hall–Kier alpha value is -3.75. The summed E-state index contributed by atoms with van der Waals surface area (Å²) in [5.74, 6) is -0.655. The van der Waals surface area contributed by atoms with Gasteiger partial charge in [0.05, 0.1) is 17.2 Å². The number of para-hydroxylation sites is 1. The SMILES string of the molecule is O=C(Cn1cnc2ccccc2c1=O)NCCC(=O)N1CCN(c2ccc(F)cc2)CC1. The van der Waals surface area contributed by atoms with Crippen molar-refractivity contribution in [3.05, 3.63) is 71.0 Å². The van der Waals surface area contributed by atoms with Crippen LogP contribution in [0.15, 0.2) is 59.7 Å². The van der Waals surface area contributed by atoms with Gasteiger partial charge < -0.3 is 15.1 Å². The van der Waals surface area contributed by atoms with E-state index in [9.17, 15) is 18.8 Å². The second-order valence-corrected chi connectivity index (χ2v) is 7.64. The van der Waals surface area contributed by atoms with Crippen LogP contribution >= 0.6 is 0 Å². The third-order valence-corrected chi connectivity index (χ3v) is 5.53. The Balaban J connectivity index is 1.22. The van der Waals surface area contributed by atoms with Crippen LogP contribution in [-0.2, 0) is 16.1 Å². The molecule has 32 heavy (non-hydrogen) atoms. The standard InChI is InChI=1S/C23H24FN5O3/c24-17-5-7-18(8-6-17)27-11-13-28(14-12-27)22(31)9-10-25-21(30)15-29-16-26-20-4-2-1-3-19(20)23(29)32/h1-8,16H,9-15H2,(H,25,30). The number of carbonyl (C=O) groups excluding carboxylic acids is 2. The van der Waals surface area contributed by atoms with Crippen molar-refractivity contribution in [2.45, 2.75) is 13.0 Å². The number of nitrogens with zero attached hydrogens (tertiary/aromatic N) is 4. The van der Waals surface area contributed by atoms with Crippen LogP contribution in [0.4, 0.5) is 10.1 Å². The zero-order chi connectivity index (χ0) is 22.5. The fraction of sp³-hybridized carbons (Fsp3) is 0.304. The highest BCUT2D eigenvalue weighted by Gasteiger charge is 2.21. The Bertz CT molecular complexity index is 1170. The summed E-state index contributed by atoms with van der Waals surface area (Å²) < 4.78 is 14.3. The number of carbonyl (C=O) groups is 2. The molecule has 0 atom stereocenters. The Kier molecular flexibility index (Phi) is 6.44. The molecule has 1 saturated heterocycles. The second-order valence-electron chi connectivity index (χ2n) is 7.64. The third-order valence-electron chi connectivity index (χ3n) is 5.53. The van der Waals surface area contributed by atoms with Crippen LogP contribution in [0.3, 0.4) is 0 Å². The molecule has 0 spiro atoms. The van der Waals surface area contributed by atoms with Gasteiger partial charge in [0.25, 0.3) is 5.56 Å².